The van der Waals surface area contributed by atoms with Crippen LogP contribution in [0.4, 0.5) is 11.4 Å². The summed E-state index contributed by atoms with van der Waals surface area (Å²) in [6.45, 7) is 0.998. The van der Waals surface area contributed by atoms with Gasteiger partial charge >= 0.3 is 0 Å². The topological polar surface area (TPSA) is 29.3 Å². The van der Waals surface area contributed by atoms with Crippen LogP contribution >= 0.6 is 11.3 Å². The van der Waals surface area contributed by atoms with Crippen LogP contribution < -0.4 is 10.6 Å². The molecule has 0 unspecified atom stereocenters. The molecule has 1 aromatic carbocycles. The van der Waals surface area contributed by atoms with E-state index in [2.05, 4.69) is 33.9 Å². The second-order valence-electron chi connectivity index (χ2n) is 4.59. The fourth-order valence-electron chi connectivity index (χ4n) is 2.10. The van der Waals surface area contributed by atoms with Crippen LogP contribution in [0.25, 0.3) is 0 Å². The lowest BCUT2D eigenvalue weighted by Gasteiger charge is -2.24. The smallest absolute Gasteiger partial charge is 0.0440 e. The molecule has 88 valence electrons. The van der Waals surface area contributed by atoms with Crippen molar-refractivity contribution in [2.75, 3.05) is 10.6 Å². The van der Waals surface area contributed by atoms with Crippen molar-refractivity contribution in [1.29, 1.82) is 0 Å². The molecule has 0 radical (unpaired) electrons. The summed E-state index contributed by atoms with van der Waals surface area (Å²) in [5.41, 5.74) is 9.35. The summed E-state index contributed by atoms with van der Waals surface area (Å²) < 4.78 is 0. The van der Waals surface area contributed by atoms with Gasteiger partial charge in [-0.25, -0.2) is 0 Å². The minimum Gasteiger partial charge on any atom is -0.399 e. The summed E-state index contributed by atoms with van der Waals surface area (Å²) in [5.74, 6) is 0. The van der Waals surface area contributed by atoms with E-state index in [1.54, 1.807) is 11.3 Å². The Morgan fingerprint density at radius 1 is 1.29 bits per heavy atom. The normalized spacial score (nSPS) is 14.8. The van der Waals surface area contributed by atoms with Crippen molar-refractivity contribution in [3.63, 3.8) is 0 Å². The maximum absolute atomic E-state index is 5.87. The second kappa shape index (κ2) is 4.41. The molecule has 1 aromatic heterocycles. The zero-order valence-electron chi connectivity index (χ0n) is 9.67. The van der Waals surface area contributed by atoms with Crippen LogP contribution in [-0.4, -0.2) is 6.04 Å². The number of hydrogen-bond donors (Lipinski definition) is 1. The van der Waals surface area contributed by atoms with E-state index in [-0.39, 0.29) is 0 Å². The van der Waals surface area contributed by atoms with Gasteiger partial charge in [0.25, 0.3) is 0 Å². The molecular formula is C14H16N2S. The minimum atomic E-state index is 0.705. The molecule has 17 heavy (non-hydrogen) atoms. The van der Waals surface area contributed by atoms with Gasteiger partial charge in [-0.1, -0.05) is 6.07 Å². The summed E-state index contributed by atoms with van der Waals surface area (Å²) in [4.78, 5) is 2.47. The Kier molecular flexibility index (Phi) is 2.77. The van der Waals surface area contributed by atoms with Crippen molar-refractivity contribution in [3.8, 4) is 0 Å². The Labute approximate surface area is 106 Å². The predicted molar refractivity (Wildman–Crippen MR) is 74.4 cm³/mol. The Bertz CT molecular complexity index is 489. The monoisotopic (exact) mass is 244 g/mol. The summed E-state index contributed by atoms with van der Waals surface area (Å²) in [7, 11) is 0. The zero-order valence-corrected chi connectivity index (χ0v) is 10.5. The lowest BCUT2D eigenvalue weighted by Crippen LogP contribution is -2.24. The van der Waals surface area contributed by atoms with Crippen LogP contribution in [0.1, 0.15) is 18.4 Å². The third-order valence-electron chi connectivity index (χ3n) is 3.12. The maximum atomic E-state index is 5.87. The van der Waals surface area contributed by atoms with Crippen LogP contribution in [0, 0.1) is 0 Å². The zero-order chi connectivity index (χ0) is 11.7. The van der Waals surface area contributed by atoms with Gasteiger partial charge in [-0.2, -0.15) is 11.3 Å². The number of hydrogen-bond acceptors (Lipinski definition) is 3. The average Bonchev–Trinajstić information content (AvgIpc) is 3.03. The van der Waals surface area contributed by atoms with Crippen molar-refractivity contribution in [3.05, 3.63) is 46.7 Å². The molecule has 0 bridgehead atoms. The van der Waals surface area contributed by atoms with Gasteiger partial charge in [0.05, 0.1) is 0 Å². The van der Waals surface area contributed by atoms with Crippen LogP contribution in [0.5, 0.6) is 0 Å². The molecule has 1 aliphatic rings. The van der Waals surface area contributed by atoms with Gasteiger partial charge in [-0.3, -0.25) is 0 Å². The molecule has 1 fully saturated rings. The molecule has 0 aliphatic heterocycles. The Morgan fingerprint density at radius 2 is 2.18 bits per heavy atom. The van der Waals surface area contributed by atoms with Gasteiger partial charge in [0.2, 0.25) is 0 Å². The quantitative estimate of drug-likeness (QED) is 0.834. The van der Waals surface area contributed by atoms with Crippen LogP contribution in [0.2, 0.25) is 0 Å². The number of nitrogen functional groups attached to an aromatic ring is 1. The molecule has 1 aliphatic carbocycles. The van der Waals surface area contributed by atoms with E-state index in [1.807, 2.05) is 12.1 Å². The predicted octanol–water partition coefficient (Wildman–Crippen LogP) is 3.50. The van der Waals surface area contributed by atoms with Gasteiger partial charge in [0, 0.05) is 24.0 Å². The third-order valence-corrected chi connectivity index (χ3v) is 3.85. The van der Waals surface area contributed by atoms with E-state index >= 15 is 0 Å². The van der Waals surface area contributed by atoms with Gasteiger partial charge in [-0.15, -0.1) is 0 Å². The summed E-state index contributed by atoms with van der Waals surface area (Å²) in [5, 5.41) is 4.36. The van der Waals surface area contributed by atoms with Crippen molar-refractivity contribution in [2.24, 2.45) is 0 Å². The van der Waals surface area contributed by atoms with E-state index in [1.165, 1.54) is 24.1 Å². The average molecular weight is 244 g/mol. The highest BCUT2D eigenvalue weighted by molar-refractivity contribution is 7.07. The SMILES string of the molecule is Nc1cccc(N(Cc2ccsc2)C2CC2)c1. The lowest BCUT2D eigenvalue weighted by atomic mass is 10.2. The second-order valence-corrected chi connectivity index (χ2v) is 5.37. The third kappa shape index (κ3) is 2.44. The first-order valence-corrected chi connectivity index (χ1v) is 6.90. The molecule has 2 aromatic rings. The lowest BCUT2D eigenvalue weighted by molar-refractivity contribution is 0.797. The number of benzene rings is 1. The first kappa shape index (κ1) is 10.7. The number of thiophene rings is 1. The van der Waals surface area contributed by atoms with Crippen molar-refractivity contribution in [1.82, 2.24) is 0 Å². The number of nitrogens with two attached hydrogens (primary N) is 1. The molecule has 0 atom stereocenters. The maximum Gasteiger partial charge on any atom is 0.0440 e. The van der Waals surface area contributed by atoms with Gasteiger partial charge in [-0.05, 0) is 53.4 Å². The van der Waals surface area contributed by atoms with Crippen LogP contribution in [0.3, 0.4) is 0 Å². The molecule has 0 spiro atoms. The minimum absolute atomic E-state index is 0.705. The fraction of sp³-hybridized carbons (Fsp3) is 0.286. The van der Waals surface area contributed by atoms with Gasteiger partial charge in [0.1, 0.15) is 0 Å². The number of rotatable bonds is 4. The molecule has 1 saturated carbocycles. The van der Waals surface area contributed by atoms with Crippen LogP contribution in [0.15, 0.2) is 41.1 Å². The van der Waals surface area contributed by atoms with E-state index in [0.717, 1.165) is 12.2 Å². The summed E-state index contributed by atoms with van der Waals surface area (Å²) in [6.07, 6.45) is 2.61. The highest BCUT2D eigenvalue weighted by Gasteiger charge is 2.29. The van der Waals surface area contributed by atoms with Crippen LogP contribution in [-0.2, 0) is 6.54 Å². The van der Waals surface area contributed by atoms with E-state index < -0.39 is 0 Å². The van der Waals surface area contributed by atoms with Crippen molar-refractivity contribution in [2.45, 2.75) is 25.4 Å². The van der Waals surface area contributed by atoms with Gasteiger partial charge < -0.3 is 10.6 Å². The van der Waals surface area contributed by atoms with E-state index in [0.29, 0.717) is 6.04 Å². The van der Waals surface area contributed by atoms with E-state index in [4.69, 9.17) is 5.73 Å². The number of nitrogens with zero attached hydrogens (tertiary/aromatic N) is 1. The molecule has 1 heterocycles. The van der Waals surface area contributed by atoms with Crippen molar-refractivity contribution < 1.29 is 0 Å². The highest BCUT2D eigenvalue weighted by Crippen LogP contribution is 2.33. The number of anilines is 2. The first-order valence-electron chi connectivity index (χ1n) is 5.96. The molecule has 0 amide bonds. The standard InChI is InChI=1S/C14H16N2S/c15-12-2-1-3-14(8-12)16(13-4-5-13)9-11-6-7-17-10-11/h1-3,6-8,10,13H,4-5,9,15H2. The summed E-state index contributed by atoms with van der Waals surface area (Å²) >= 11 is 1.76. The highest BCUT2D eigenvalue weighted by atomic mass is 32.1. The van der Waals surface area contributed by atoms with Gasteiger partial charge in [0.15, 0.2) is 0 Å². The molecule has 2 N–H and O–H groups in total. The molecule has 0 saturated heterocycles. The van der Waals surface area contributed by atoms with E-state index in [9.17, 15) is 0 Å². The molecule has 3 rings (SSSR count). The Hall–Kier alpha value is -1.48. The summed E-state index contributed by atoms with van der Waals surface area (Å²) in [6, 6.07) is 11.1. The largest absolute Gasteiger partial charge is 0.399 e. The fourth-order valence-corrected chi connectivity index (χ4v) is 2.76. The molecule has 2 nitrogen and oxygen atoms in total. The molecular weight excluding hydrogens is 228 g/mol. The van der Waals surface area contributed by atoms with Crippen molar-refractivity contribution >= 4 is 22.7 Å². The first-order chi connectivity index (χ1) is 8.33. The molecule has 3 heteroatoms. The Morgan fingerprint density at radius 3 is 2.82 bits per heavy atom. The Balaban J connectivity index is 1.85.